The molecule has 0 spiro atoms. The van der Waals surface area contributed by atoms with Crippen LogP contribution in [0.1, 0.15) is 36.0 Å². The van der Waals surface area contributed by atoms with Gasteiger partial charge in [0.2, 0.25) is 5.88 Å². The zero-order chi connectivity index (χ0) is 24.1. The second-order valence-electron chi connectivity index (χ2n) is 7.90. The normalized spacial score (nSPS) is 11.2. The molecule has 1 N–H and O–H groups in total. The minimum Gasteiger partial charge on any atom is -0.489 e. The Morgan fingerprint density at radius 3 is 2.60 bits per heavy atom. The van der Waals surface area contributed by atoms with Gasteiger partial charge in [0.25, 0.3) is 0 Å². The van der Waals surface area contributed by atoms with Gasteiger partial charge in [0.15, 0.2) is 0 Å². The van der Waals surface area contributed by atoms with Crippen LogP contribution in [0.25, 0.3) is 21.3 Å². The molecule has 0 bridgehead atoms. The SMILES string of the molecule is CC#C[C@@H](CC(=O)O)c1ccc(OCc2ccc3scc(-c4nc(OC)ccc4C)c3c2)cc1.S. The van der Waals surface area contributed by atoms with E-state index in [1.807, 2.05) is 36.4 Å². The van der Waals surface area contributed by atoms with Gasteiger partial charge in [-0.25, -0.2) is 4.98 Å². The molecule has 0 aliphatic rings. The summed E-state index contributed by atoms with van der Waals surface area (Å²) < 4.78 is 12.5. The number of aliphatic carboxylic acids is 1. The summed E-state index contributed by atoms with van der Waals surface area (Å²) in [6.45, 7) is 4.19. The van der Waals surface area contributed by atoms with Crippen molar-refractivity contribution in [3.63, 3.8) is 0 Å². The molecule has 0 unspecified atom stereocenters. The molecule has 180 valence electrons. The first kappa shape index (κ1) is 26.1. The summed E-state index contributed by atoms with van der Waals surface area (Å²) in [6, 6.07) is 17.7. The Bertz CT molecular complexity index is 1380. The molecule has 0 aliphatic heterocycles. The molecule has 0 saturated carbocycles. The Hall–Kier alpha value is -3.47. The van der Waals surface area contributed by atoms with Crippen LogP contribution in [-0.4, -0.2) is 23.2 Å². The number of hydrogen-bond acceptors (Lipinski definition) is 5. The van der Waals surface area contributed by atoms with Crippen LogP contribution < -0.4 is 9.47 Å². The highest BCUT2D eigenvalue weighted by atomic mass is 32.1. The van der Waals surface area contributed by atoms with E-state index in [1.54, 1.807) is 25.4 Å². The van der Waals surface area contributed by atoms with Crippen LogP contribution in [0.15, 0.2) is 60.0 Å². The molecule has 0 radical (unpaired) electrons. The lowest BCUT2D eigenvalue weighted by atomic mass is 9.96. The van der Waals surface area contributed by atoms with E-state index in [1.165, 1.54) is 4.70 Å². The molecule has 0 aliphatic carbocycles. The second-order valence-corrected chi connectivity index (χ2v) is 8.81. The number of carboxylic acid groups (broad SMARTS) is 1. The Balaban J connectivity index is 0.00000342. The molecule has 0 amide bonds. The number of benzene rings is 2. The number of carboxylic acids is 1. The number of nitrogens with zero attached hydrogens (tertiary/aromatic N) is 1. The van der Waals surface area contributed by atoms with Gasteiger partial charge in [0, 0.05) is 27.1 Å². The van der Waals surface area contributed by atoms with Gasteiger partial charge in [-0.05, 0) is 54.8 Å². The maximum atomic E-state index is 11.1. The molecule has 2 aromatic carbocycles. The van der Waals surface area contributed by atoms with Crippen molar-refractivity contribution < 1.29 is 19.4 Å². The van der Waals surface area contributed by atoms with Crippen LogP contribution in [0.4, 0.5) is 0 Å². The predicted octanol–water partition coefficient (Wildman–Crippen LogP) is 6.55. The van der Waals surface area contributed by atoms with Crippen molar-refractivity contribution >= 4 is 40.9 Å². The standard InChI is InChI=1S/C28H25NO4S.H2S/c1-4-5-21(15-27(30)31)20-8-10-22(11-9-20)33-16-19-7-12-25-23(14-19)24(17-34-25)28-18(2)6-13-26(29-28)32-3;/h6-14,17,21H,15-16H2,1-3H3,(H,30,31);1H2/t21-;/m0./s1. The molecule has 0 fully saturated rings. The van der Waals surface area contributed by atoms with Crippen molar-refractivity contribution in [2.24, 2.45) is 0 Å². The summed E-state index contributed by atoms with van der Waals surface area (Å²) in [5.41, 5.74) is 5.03. The molecule has 0 saturated heterocycles. The average molecular weight is 506 g/mol. The van der Waals surface area contributed by atoms with Gasteiger partial charge in [0.05, 0.1) is 25.1 Å². The van der Waals surface area contributed by atoms with Gasteiger partial charge in [-0.2, -0.15) is 13.5 Å². The lowest BCUT2D eigenvalue weighted by molar-refractivity contribution is -0.137. The van der Waals surface area contributed by atoms with E-state index in [-0.39, 0.29) is 25.8 Å². The van der Waals surface area contributed by atoms with Crippen molar-refractivity contribution in [3.05, 3.63) is 76.7 Å². The maximum Gasteiger partial charge on any atom is 0.304 e. The van der Waals surface area contributed by atoms with Crippen LogP contribution in [-0.2, 0) is 11.4 Å². The minimum absolute atomic E-state index is 0. The second kappa shape index (κ2) is 11.8. The quantitative estimate of drug-likeness (QED) is 0.275. The lowest BCUT2D eigenvalue weighted by Crippen LogP contribution is -2.04. The monoisotopic (exact) mass is 505 g/mol. The summed E-state index contributed by atoms with van der Waals surface area (Å²) in [4.78, 5) is 15.8. The topological polar surface area (TPSA) is 68.7 Å². The summed E-state index contributed by atoms with van der Waals surface area (Å²) in [5, 5.41) is 12.4. The third kappa shape index (κ3) is 6.16. The molecular formula is C28H27NO4S2. The molecule has 4 aromatic rings. The van der Waals surface area contributed by atoms with Crippen molar-refractivity contribution in [1.82, 2.24) is 4.98 Å². The molecule has 2 aromatic heterocycles. The smallest absolute Gasteiger partial charge is 0.304 e. The molecule has 5 nitrogen and oxygen atoms in total. The van der Waals surface area contributed by atoms with Gasteiger partial charge >= 0.3 is 5.97 Å². The van der Waals surface area contributed by atoms with Crippen LogP contribution in [0.2, 0.25) is 0 Å². The van der Waals surface area contributed by atoms with E-state index >= 15 is 0 Å². The van der Waals surface area contributed by atoms with Crippen LogP contribution in [0.3, 0.4) is 0 Å². The molecule has 7 heteroatoms. The Morgan fingerprint density at radius 2 is 1.91 bits per heavy atom. The zero-order valence-corrected chi connectivity index (χ0v) is 21.6. The zero-order valence-electron chi connectivity index (χ0n) is 19.8. The van der Waals surface area contributed by atoms with E-state index in [9.17, 15) is 4.79 Å². The molecule has 35 heavy (non-hydrogen) atoms. The van der Waals surface area contributed by atoms with E-state index in [2.05, 4.69) is 47.3 Å². The summed E-state index contributed by atoms with van der Waals surface area (Å²) in [5.74, 6) is 5.91. The molecule has 4 rings (SSSR count). The number of hydrogen-bond donors (Lipinski definition) is 1. The van der Waals surface area contributed by atoms with Gasteiger partial charge in [0.1, 0.15) is 12.4 Å². The first-order valence-electron chi connectivity index (χ1n) is 10.9. The predicted molar refractivity (Wildman–Crippen MR) is 146 cm³/mol. The first-order chi connectivity index (χ1) is 16.5. The highest BCUT2D eigenvalue weighted by Crippen LogP contribution is 2.36. The Labute approximate surface area is 216 Å². The van der Waals surface area contributed by atoms with Gasteiger partial charge in [-0.3, -0.25) is 4.79 Å². The van der Waals surface area contributed by atoms with Crippen LogP contribution >= 0.6 is 24.8 Å². The fourth-order valence-corrected chi connectivity index (χ4v) is 4.74. The van der Waals surface area contributed by atoms with Gasteiger partial charge < -0.3 is 14.6 Å². The Morgan fingerprint density at radius 1 is 1.14 bits per heavy atom. The van der Waals surface area contributed by atoms with E-state index in [4.69, 9.17) is 14.6 Å². The number of pyridine rings is 1. The van der Waals surface area contributed by atoms with E-state index in [0.717, 1.165) is 39.1 Å². The van der Waals surface area contributed by atoms with Crippen LogP contribution in [0.5, 0.6) is 11.6 Å². The fraction of sp³-hybridized carbons (Fsp3) is 0.214. The van der Waals surface area contributed by atoms with Crippen LogP contribution in [0, 0.1) is 18.8 Å². The summed E-state index contributed by atoms with van der Waals surface area (Å²) >= 11 is 1.69. The fourth-order valence-electron chi connectivity index (χ4n) is 3.81. The number of rotatable bonds is 8. The minimum atomic E-state index is -0.865. The highest BCUT2D eigenvalue weighted by molar-refractivity contribution is 7.59. The van der Waals surface area contributed by atoms with Crippen molar-refractivity contribution in [1.29, 1.82) is 0 Å². The molecule has 1 atom stereocenters. The summed E-state index contributed by atoms with van der Waals surface area (Å²) in [7, 11) is 1.62. The average Bonchev–Trinajstić information content (AvgIpc) is 3.26. The number of ether oxygens (including phenoxy) is 2. The summed E-state index contributed by atoms with van der Waals surface area (Å²) in [6.07, 6.45) is -0.0222. The number of fused-ring (bicyclic) bond motifs is 1. The highest BCUT2D eigenvalue weighted by Gasteiger charge is 2.14. The van der Waals surface area contributed by atoms with Gasteiger partial charge in [-0.1, -0.05) is 30.2 Å². The van der Waals surface area contributed by atoms with E-state index in [0.29, 0.717) is 12.5 Å². The first-order valence-corrected chi connectivity index (χ1v) is 11.8. The number of carbonyl (C=O) groups is 1. The number of aromatic nitrogens is 1. The molecule has 2 heterocycles. The third-order valence-corrected chi connectivity index (χ3v) is 6.52. The number of thiophene rings is 1. The largest absolute Gasteiger partial charge is 0.489 e. The maximum absolute atomic E-state index is 11.1. The lowest BCUT2D eigenvalue weighted by Gasteiger charge is -2.11. The third-order valence-electron chi connectivity index (χ3n) is 5.56. The van der Waals surface area contributed by atoms with Crippen molar-refractivity contribution in [2.75, 3.05) is 7.11 Å². The van der Waals surface area contributed by atoms with E-state index < -0.39 is 5.97 Å². The Kier molecular flexibility index (Phi) is 8.80. The van der Waals surface area contributed by atoms with Crippen molar-refractivity contribution in [2.45, 2.75) is 32.8 Å². The number of methoxy groups -OCH3 is 1. The molecular weight excluding hydrogens is 478 g/mol. The van der Waals surface area contributed by atoms with Gasteiger partial charge in [-0.15, -0.1) is 17.3 Å². The van der Waals surface area contributed by atoms with Crippen molar-refractivity contribution in [3.8, 4) is 34.7 Å². The number of aryl methyl sites for hydroxylation is 1.